The van der Waals surface area contributed by atoms with Gasteiger partial charge in [-0.1, -0.05) is 12.1 Å². The molecule has 0 saturated carbocycles. The highest BCUT2D eigenvalue weighted by molar-refractivity contribution is 4.90. The van der Waals surface area contributed by atoms with Gasteiger partial charge in [-0.15, -0.1) is 0 Å². The summed E-state index contributed by atoms with van der Waals surface area (Å²) in [4.78, 5) is 6.78. The zero-order chi connectivity index (χ0) is 13.1. The van der Waals surface area contributed by atoms with E-state index in [0.29, 0.717) is 18.0 Å². The molecule has 3 unspecified atom stereocenters. The molecule has 18 heavy (non-hydrogen) atoms. The maximum atomic E-state index is 5.16. The summed E-state index contributed by atoms with van der Waals surface area (Å²) >= 11 is 0. The first-order valence-electron chi connectivity index (χ1n) is 6.82. The second-order valence-electron chi connectivity index (χ2n) is 5.30. The second kappa shape index (κ2) is 5.80. The first-order valence-corrected chi connectivity index (χ1v) is 6.82. The molecule has 1 aromatic heterocycles. The van der Waals surface area contributed by atoms with Crippen LogP contribution in [-0.2, 0) is 6.42 Å². The molecule has 1 N–H and O–H groups in total. The van der Waals surface area contributed by atoms with E-state index in [-0.39, 0.29) is 0 Å². The third kappa shape index (κ3) is 2.90. The fourth-order valence-electron chi connectivity index (χ4n) is 2.84. The Bertz CT molecular complexity index is 379. The molecular weight excluding hydrogens is 228 g/mol. The van der Waals surface area contributed by atoms with E-state index in [0.717, 1.165) is 31.2 Å². The first kappa shape index (κ1) is 13.5. The predicted octanol–water partition coefficient (Wildman–Crippen LogP) is 1.24. The van der Waals surface area contributed by atoms with Crippen molar-refractivity contribution in [3.63, 3.8) is 0 Å². The number of hydrogen-bond donors (Lipinski definition) is 1. The van der Waals surface area contributed by atoms with E-state index in [9.17, 15) is 0 Å². The van der Waals surface area contributed by atoms with Gasteiger partial charge >= 0.3 is 0 Å². The molecule has 1 aliphatic heterocycles. The molecule has 1 aromatic rings. The van der Waals surface area contributed by atoms with E-state index >= 15 is 0 Å². The zero-order valence-corrected chi connectivity index (χ0v) is 11.8. The van der Waals surface area contributed by atoms with E-state index in [1.54, 1.807) is 0 Å². The Hall–Kier alpha value is -0.940. The maximum Gasteiger partial charge on any atom is 0.227 e. The number of rotatable bonds is 4. The Morgan fingerprint density at radius 1 is 1.44 bits per heavy atom. The third-order valence-electron chi connectivity index (χ3n) is 4.25. The summed E-state index contributed by atoms with van der Waals surface area (Å²) in [6, 6.07) is 1.24. The number of aromatic nitrogens is 2. The lowest BCUT2D eigenvalue weighted by Crippen LogP contribution is -2.53. The lowest BCUT2D eigenvalue weighted by atomic mass is 9.87. The summed E-state index contributed by atoms with van der Waals surface area (Å²) in [5, 5.41) is 7.24. The van der Waals surface area contributed by atoms with E-state index in [1.807, 2.05) is 6.92 Å². The molecule has 1 fully saturated rings. The number of piperidine rings is 1. The van der Waals surface area contributed by atoms with Gasteiger partial charge in [0.2, 0.25) is 5.89 Å². The molecular formula is C13H24N4O. The van der Waals surface area contributed by atoms with E-state index in [1.165, 1.54) is 6.42 Å². The summed E-state index contributed by atoms with van der Waals surface area (Å²) in [6.07, 6.45) is 2.06. The van der Waals surface area contributed by atoms with Crippen LogP contribution < -0.4 is 5.32 Å². The van der Waals surface area contributed by atoms with Crippen LogP contribution in [0.2, 0.25) is 0 Å². The van der Waals surface area contributed by atoms with Gasteiger partial charge in [0.25, 0.3) is 0 Å². The van der Waals surface area contributed by atoms with Crippen LogP contribution in [0.1, 0.15) is 32.0 Å². The van der Waals surface area contributed by atoms with Crippen molar-refractivity contribution in [1.82, 2.24) is 20.4 Å². The minimum Gasteiger partial charge on any atom is -0.339 e. The maximum absolute atomic E-state index is 5.16. The first-order chi connectivity index (χ1) is 8.61. The molecule has 5 heteroatoms. The van der Waals surface area contributed by atoms with Crippen molar-refractivity contribution >= 4 is 0 Å². The van der Waals surface area contributed by atoms with Gasteiger partial charge in [0, 0.05) is 25.0 Å². The Morgan fingerprint density at radius 2 is 2.22 bits per heavy atom. The Labute approximate surface area is 109 Å². The largest absolute Gasteiger partial charge is 0.339 e. The fraction of sp³-hybridized carbons (Fsp3) is 0.846. The SMILES string of the molecule is CNC1CCN(CCc2nc(C)no2)C(C)C1C. The third-order valence-corrected chi connectivity index (χ3v) is 4.25. The Kier molecular flexibility index (Phi) is 4.35. The molecule has 0 bridgehead atoms. The van der Waals surface area contributed by atoms with E-state index < -0.39 is 0 Å². The monoisotopic (exact) mass is 252 g/mol. The highest BCUT2D eigenvalue weighted by atomic mass is 16.5. The summed E-state index contributed by atoms with van der Waals surface area (Å²) in [5.74, 6) is 2.15. The molecule has 2 rings (SSSR count). The summed E-state index contributed by atoms with van der Waals surface area (Å²) < 4.78 is 5.16. The van der Waals surface area contributed by atoms with Gasteiger partial charge in [0.15, 0.2) is 5.82 Å². The van der Waals surface area contributed by atoms with Gasteiger partial charge in [-0.05, 0) is 39.8 Å². The molecule has 0 spiro atoms. The second-order valence-corrected chi connectivity index (χ2v) is 5.30. The van der Waals surface area contributed by atoms with Crippen LogP contribution in [0.5, 0.6) is 0 Å². The quantitative estimate of drug-likeness (QED) is 0.873. The molecule has 3 atom stereocenters. The van der Waals surface area contributed by atoms with Crippen LogP contribution in [0.3, 0.4) is 0 Å². The average molecular weight is 252 g/mol. The lowest BCUT2D eigenvalue weighted by Gasteiger charge is -2.42. The summed E-state index contributed by atoms with van der Waals surface area (Å²) in [5.41, 5.74) is 0. The van der Waals surface area contributed by atoms with Crippen molar-refractivity contribution in [3.8, 4) is 0 Å². The zero-order valence-electron chi connectivity index (χ0n) is 11.8. The molecule has 1 aliphatic rings. The van der Waals surface area contributed by atoms with Crippen molar-refractivity contribution < 1.29 is 4.52 Å². The molecule has 5 nitrogen and oxygen atoms in total. The lowest BCUT2D eigenvalue weighted by molar-refractivity contribution is 0.0867. The normalized spacial score (nSPS) is 29.7. The Morgan fingerprint density at radius 3 is 2.83 bits per heavy atom. The minimum absolute atomic E-state index is 0.597. The van der Waals surface area contributed by atoms with Crippen LogP contribution in [0.15, 0.2) is 4.52 Å². The number of likely N-dealkylation sites (tertiary alicyclic amines) is 1. The predicted molar refractivity (Wildman–Crippen MR) is 70.4 cm³/mol. The number of hydrogen-bond acceptors (Lipinski definition) is 5. The van der Waals surface area contributed by atoms with Crippen molar-refractivity contribution in [2.24, 2.45) is 5.92 Å². The molecule has 0 amide bonds. The molecule has 0 radical (unpaired) electrons. The minimum atomic E-state index is 0.597. The molecule has 102 valence electrons. The van der Waals surface area contributed by atoms with E-state index in [4.69, 9.17) is 4.52 Å². The Balaban J connectivity index is 1.86. The van der Waals surface area contributed by atoms with Crippen molar-refractivity contribution in [1.29, 1.82) is 0 Å². The van der Waals surface area contributed by atoms with Crippen molar-refractivity contribution in [3.05, 3.63) is 11.7 Å². The number of aryl methyl sites for hydroxylation is 1. The summed E-state index contributed by atoms with van der Waals surface area (Å²) in [6.45, 7) is 8.64. The molecule has 0 aromatic carbocycles. The van der Waals surface area contributed by atoms with Crippen LogP contribution >= 0.6 is 0 Å². The fourth-order valence-corrected chi connectivity index (χ4v) is 2.84. The van der Waals surface area contributed by atoms with E-state index in [2.05, 4.69) is 41.3 Å². The molecule has 1 saturated heterocycles. The van der Waals surface area contributed by atoms with Gasteiger partial charge in [-0.25, -0.2) is 0 Å². The van der Waals surface area contributed by atoms with Gasteiger partial charge in [0.05, 0.1) is 0 Å². The van der Waals surface area contributed by atoms with Crippen LogP contribution in [0.25, 0.3) is 0 Å². The van der Waals surface area contributed by atoms with Crippen LogP contribution in [0, 0.1) is 12.8 Å². The standard InChI is InChI=1S/C13H24N4O/c1-9-10(2)17(7-5-12(9)14-4)8-6-13-15-11(3)16-18-13/h9-10,12,14H,5-8H2,1-4H3. The topological polar surface area (TPSA) is 54.2 Å². The van der Waals surface area contributed by atoms with Gasteiger partial charge < -0.3 is 9.84 Å². The highest BCUT2D eigenvalue weighted by Gasteiger charge is 2.31. The van der Waals surface area contributed by atoms with Crippen molar-refractivity contribution in [2.45, 2.75) is 45.7 Å². The molecule has 2 heterocycles. The van der Waals surface area contributed by atoms with Crippen LogP contribution in [0.4, 0.5) is 0 Å². The van der Waals surface area contributed by atoms with Crippen LogP contribution in [-0.4, -0.2) is 47.3 Å². The van der Waals surface area contributed by atoms with Crippen molar-refractivity contribution in [2.75, 3.05) is 20.1 Å². The molecule has 0 aliphatic carbocycles. The smallest absolute Gasteiger partial charge is 0.227 e. The number of nitrogens with one attached hydrogen (secondary N) is 1. The summed E-state index contributed by atoms with van der Waals surface area (Å²) in [7, 11) is 2.06. The van der Waals surface area contributed by atoms with Gasteiger partial charge in [-0.2, -0.15) is 4.98 Å². The number of nitrogens with zero attached hydrogens (tertiary/aromatic N) is 3. The van der Waals surface area contributed by atoms with Gasteiger partial charge in [0.1, 0.15) is 0 Å². The van der Waals surface area contributed by atoms with Gasteiger partial charge in [-0.3, -0.25) is 4.90 Å². The average Bonchev–Trinajstić information content (AvgIpc) is 2.77. The highest BCUT2D eigenvalue weighted by Crippen LogP contribution is 2.23.